The zero-order chi connectivity index (χ0) is 20.3. The monoisotopic (exact) mass is 422 g/mol. The molecule has 2 amide bonds. The second-order valence-electron chi connectivity index (χ2n) is 8.77. The Balaban J connectivity index is 1.40. The van der Waals surface area contributed by atoms with Crippen LogP contribution in [-0.4, -0.2) is 18.3 Å². The second kappa shape index (κ2) is 6.64. The van der Waals surface area contributed by atoms with Gasteiger partial charge in [0.15, 0.2) is 0 Å². The van der Waals surface area contributed by atoms with Crippen molar-refractivity contribution >= 4 is 40.5 Å². The van der Waals surface area contributed by atoms with E-state index in [0.717, 1.165) is 66.4 Å². The summed E-state index contributed by atoms with van der Waals surface area (Å²) < 4.78 is 6.44. The zero-order valence-corrected chi connectivity index (χ0v) is 17.3. The van der Waals surface area contributed by atoms with Gasteiger partial charge in [0, 0.05) is 47.6 Å². The molecule has 1 saturated carbocycles. The van der Waals surface area contributed by atoms with Gasteiger partial charge in [0.2, 0.25) is 0 Å². The number of allylic oxidation sites excluding steroid dienone is 1. The van der Waals surface area contributed by atoms with Crippen molar-refractivity contribution in [2.75, 3.05) is 5.32 Å². The Labute approximate surface area is 179 Å². The first-order chi connectivity index (χ1) is 14.6. The number of fused-ring (bicyclic) bond motifs is 5. The lowest BCUT2D eigenvalue weighted by molar-refractivity contribution is 0.209. The van der Waals surface area contributed by atoms with Gasteiger partial charge in [-0.3, -0.25) is 4.99 Å². The molecule has 2 aromatic rings. The van der Waals surface area contributed by atoms with Crippen LogP contribution in [0.2, 0.25) is 5.02 Å². The van der Waals surface area contributed by atoms with E-state index in [1.807, 2.05) is 24.7 Å². The lowest BCUT2D eigenvalue weighted by Gasteiger charge is -2.42. The summed E-state index contributed by atoms with van der Waals surface area (Å²) in [6, 6.07) is 4.08. The first kappa shape index (κ1) is 18.1. The van der Waals surface area contributed by atoms with Crippen LogP contribution in [-0.2, 0) is 12.0 Å². The SMILES string of the molecule is O=C1Nc2c(Cl)cc3cc(CC4CC5=CN=CC5=CN4)oc3c2C2(CCCCC2)N1. The Bertz CT molecular complexity index is 1150. The fraction of sp³-hybridized carbons (Fsp3) is 0.391. The molecule has 154 valence electrons. The van der Waals surface area contributed by atoms with E-state index in [1.54, 1.807) is 0 Å². The predicted molar refractivity (Wildman–Crippen MR) is 118 cm³/mol. The van der Waals surface area contributed by atoms with E-state index >= 15 is 0 Å². The lowest BCUT2D eigenvalue weighted by Crippen LogP contribution is -2.52. The Kier molecular flexibility index (Phi) is 4.00. The first-order valence-corrected chi connectivity index (χ1v) is 11.0. The lowest BCUT2D eigenvalue weighted by atomic mass is 9.74. The average Bonchev–Trinajstić information content (AvgIpc) is 3.34. The molecule has 3 aliphatic heterocycles. The number of amides is 2. The molecule has 3 N–H and O–H groups in total. The molecule has 1 unspecified atom stereocenters. The van der Waals surface area contributed by atoms with Crippen LogP contribution in [0.5, 0.6) is 0 Å². The highest BCUT2D eigenvalue weighted by atomic mass is 35.5. The van der Waals surface area contributed by atoms with Crippen molar-refractivity contribution in [3.8, 4) is 0 Å². The van der Waals surface area contributed by atoms with Crippen molar-refractivity contribution in [2.45, 2.75) is 56.5 Å². The summed E-state index contributed by atoms with van der Waals surface area (Å²) in [4.78, 5) is 16.6. The summed E-state index contributed by atoms with van der Waals surface area (Å²) in [5.41, 5.74) is 4.59. The minimum absolute atomic E-state index is 0.182. The van der Waals surface area contributed by atoms with E-state index in [9.17, 15) is 4.79 Å². The van der Waals surface area contributed by atoms with Gasteiger partial charge in [-0.1, -0.05) is 30.9 Å². The molecule has 0 bridgehead atoms. The Morgan fingerprint density at radius 2 is 2.10 bits per heavy atom. The number of hydrogen-bond acceptors (Lipinski definition) is 4. The highest BCUT2D eigenvalue weighted by molar-refractivity contribution is 6.35. The second-order valence-corrected chi connectivity index (χ2v) is 9.17. The number of nitrogens with one attached hydrogen (secondary N) is 3. The van der Waals surface area contributed by atoms with Crippen LogP contribution in [0.4, 0.5) is 10.5 Å². The summed E-state index contributed by atoms with van der Waals surface area (Å²) in [5.74, 6) is 0.922. The van der Waals surface area contributed by atoms with Gasteiger partial charge in [0.05, 0.1) is 16.2 Å². The van der Waals surface area contributed by atoms with Gasteiger partial charge in [-0.05, 0) is 37.0 Å². The molecule has 1 atom stereocenters. The van der Waals surface area contributed by atoms with Crippen molar-refractivity contribution in [3.63, 3.8) is 0 Å². The van der Waals surface area contributed by atoms with E-state index in [4.69, 9.17) is 16.0 Å². The number of hydrogen-bond donors (Lipinski definition) is 3. The molecule has 1 aromatic heterocycles. The molecule has 6 nitrogen and oxygen atoms in total. The predicted octanol–water partition coefficient (Wildman–Crippen LogP) is 5.14. The van der Waals surface area contributed by atoms with E-state index in [1.165, 1.54) is 12.0 Å². The van der Waals surface area contributed by atoms with Gasteiger partial charge >= 0.3 is 6.03 Å². The molecule has 7 heteroatoms. The third-order valence-corrected chi connectivity index (χ3v) is 7.09. The number of rotatable bonds is 2. The normalized spacial score (nSPS) is 23.9. The topological polar surface area (TPSA) is 78.7 Å². The molecule has 1 fully saturated rings. The van der Waals surface area contributed by atoms with E-state index < -0.39 is 5.54 Å². The molecule has 30 heavy (non-hydrogen) atoms. The maximum atomic E-state index is 12.4. The quantitative estimate of drug-likeness (QED) is 0.627. The molecule has 1 spiro atoms. The highest BCUT2D eigenvalue weighted by Crippen LogP contribution is 2.49. The van der Waals surface area contributed by atoms with Crippen LogP contribution >= 0.6 is 11.6 Å². The molecule has 0 saturated heterocycles. The maximum absolute atomic E-state index is 12.4. The van der Waals surface area contributed by atoms with Crippen LogP contribution in [0.15, 0.2) is 45.1 Å². The minimum atomic E-state index is -0.402. The van der Waals surface area contributed by atoms with Gasteiger partial charge in [-0.15, -0.1) is 0 Å². The Morgan fingerprint density at radius 3 is 2.97 bits per heavy atom. The molecule has 4 heterocycles. The van der Waals surface area contributed by atoms with Crippen LogP contribution < -0.4 is 16.0 Å². The number of halogens is 1. The molecule has 1 aliphatic carbocycles. The van der Waals surface area contributed by atoms with Crippen LogP contribution in [0, 0.1) is 0 Å². The smallest absolute Gasteiger partial charge is 0.319 e. The fourth-order valence-corrected chi connectivity index (χ4v) is 5.67. The maximum Gasteiger partial charge on any atom is 0.319 e. The van der Waals surface area contributed by atoms with E-state index in [-0.39, 0.29) is 12.1 Å². The first-order valence-electron chi connectivity index (χ1n) is 10.6. The van der Waals surface area contributed by atoms with Crippen LogP contribution in [0.25, 0.3) is 11.0 Å². The molecule has 6 rings (SSSR count). The zero-order valence-electron chi connectivity index (χ0n) is 16.6. The van der Waals surface area contributed by atoms with Crippen molar-refractivity contribution in [2.24, 2.45) is 4.99 Å². The third kappa shape index (κ3) is 2.77. The van der Waals surface area contributed by atoms with Gasteiger partial charge in [0.25, 0.3) is 0 Å². The number of urea groups is 1. The number of nitrogens with zero attached hydrogens (tertiary/aromatic N) is 1. The number of aliphatic imine (C=N–C) groups is 1. The third-order valence-electron chi connectivity index (χ3n) is 6.79. The molecular weight excluding hydrogens is 400 g/mol. The van der Waals surface area contributed by atoms with Crippen molar-refractivity contribution in [1.82, 2.24) is 10.6 Å². The standard InChI is InChI=1S/C23H23ClN4O2/c24-18-8-13-7-17(9-16-6-14-10-25-11-15(14)12-26-16)30-21(13)19-20(18)27-22(29)28-23(19)4-2-1-3-5-23/h7-8,10-12,16,26H,1-6,9H2,(H2,27,28,29). The van der Waals surface area contributed by atoms with Gasteiger partial charge < -0.3 is 20.4 Å². The van der Waals surface area contributed by atoms with Gasteiger partial charge in [-0.25, -0.2) is 4.79 Å². The van der Waals surface area contributed by atoms with E-state index in [0.29, 0.717) is 10.7 Å². The summed E-state index contributed by atoms with van der Waals surface area (Å²) in [6.45, 7) is 0. The number of carbonyl (C=O) groups is 1. The molecule has 1 aromatic carbocycles. The van der Waals surface area contributed by atoms with E-state index in [2.05, 4.69) is 27.0 Å². The van der Waals surface area contributed by atoms with Crippen molar-refractivity contribution < 1.29 is 9.21 Å². The number of carbonyl (C=O) groups excluding carboxylic acids is 1. The highest BCUT2D eigenvalue weighted by Gasteiger charge is 2.43. The molecule has 0 radical (unpaired) electrons. The van der Waals surface area contributed by atoms with Crippen molar-refractivity contribution in [3.05, 3.63) is 52.0 Å². The van der Waals surface area contributed by atoms with Gasteiger partial charge in [0.1, 0.15) is 11.3 Å². The number of benzene rings is 1. The van der Waals surface area contributed by atoms with Crippen LogP contribution in [0.3, 0.4) is 0 Å². The average molecular weight is 423 g/mol. The summed E-state index contributed by atoms with van der Waals surface area (Å²) in [7, 11) is 0. The fourth-order valence-electron chi connectivity index (χ4n) is 5.41. The largest absolute Gasteiger partial charge is 0.461 e. The summed E-state index contributed by atoms with van der Waals surface area (Å²) in [6.07, 6.45) is 12.7. The summed E-state index contributed by atoms with van der Waals surface area (Å²) in [5, 5.41) is 11.2. The Morgan fingerprint density at radius 1 is 1.23 bits per heavy atom. The number of furan rings is 1. The van der Waals surface area contributed by atoms with Crippen LogP contribution in [0.1, 0.15) is 49.8 Å². The summed E-state index contributed by atoms with van der Waals surface area (Å²) >= 11 is 6.63. The minimum Gasteiger partial charge on any atom is -0.461 e. The van der Waals surface area contributed by atoms with Gasteiger partial charge in [-0.2, -0.15) is 0 Å². The molecular formula is C23H23ClN4O2. The Hall–Kier alpha value is -2.73. The number of anilines is 1. The van der Waals surface area contributed by atoms with Crippen molar-refractivity contribution in [1.29, 1.82) is 0 Å². The molecule has 4 aliphatic rings.